The molecule has 1 aromatic carbocycles. The molecule has 0 radical (unpaired) electrons. The second-order valence-corrected chi connectivity index (χ2v) is 12.4. The third kappa shape index (κ3) is 7.68. The number of methoxy groups -OCH3 is 1. The van der Waals surface area contributed by atoms with E-state index in [2.05, 4.69) is 15.3 Å². The van der Waals surface area contributed by atoms with Crippen molar-refractivity contribution in [3.05, 3.63) is 95.0 Å². The van der Waals surface area contributed by atoms with Crippen LogP contribution in [0.5, 0.6) is 0 Å². The van der Waals surface area contributed by atoms with Gasteiger partial charge in [-0.1, -0.05) is 18.2 Å². The van der Waals surface area contributed by atoms with Crippen molar-refractivity contribution in [3.63, 3.8) is 0 Å². The fourth-order valence-corrected chi connectivity index (χ4v) is 6.47. The van der Waals surface area contributed by atoms with E-state index in [-0.39, 0.29) is 36.5 Å². The molecule has 6 rings (SSSR count). The standard InChI is InChI=1S/C36H41FN6O5/c1-23-17-26(21-39-33(23)36(45)40-28-10-14-47-15-11-28)34-24(2)31(43(41-34)29-7-5-4-6-8-29)20-30(44)18-27-22-42(13-16-46-3)48-35(27)25-9-12-38-32(37)19-25/h4-9,12,17,19,21,27-28,35H,10-11,13-16,18,20,22H2,1-3H3,(H,40,45)/t27-,35+/m1/s1. The third-order valence-corrected chi connectivity index (χ3v) is 8.98. The molecule has 252 valence electrons. The number of carbonyl (C=O) groups excluding carboxylic acids is 2. The van der Waals surface area contributed by atoms with Gasteiger partial charge in [-0.15, -0.1) is 0 Å². The highest BCUT2D eigenvalue weighted by molar-refractivity contribution is 5.94. The number of hydrogen-bond acceptors (Lipinski definition) is 9. The fraction of sp³-hybridized carbons (Fsp3) is 0.417. The molecule has 0 unspecified atom stereocenters. The molecule has 0 aliphatic carbocycles. The molecule has 4 aromatic rings. The molecule has 48 heavy (non-hydrogen) atoms. The highest BCUT2D eigenvalue weighted by atomic mass is 19.1. The molecule has 11 nitrogen and oxygen atoms in total. The molecule has 2 saturated heterocycles. The predicted octanol–water partition coefficient (Wildman–Crippen LogP) is 4.75. The molecule has 3 aromatic heterocycles. The summed E-state index contributed by atoms with van der Waals surface area (Å²) >= 11 is 0. The second-order valence-electron chi connectivity index (χ2n) is 12.4. The maximum atomic E-state index is 14.1. The van der Waals surface area contributed by atoms with Crippen molar-refractivity contribution in [3.8, 4) is 16.9 Å². The van der Waals surface area contributed by atoms with Crippen LogP contribution in [0.25, 0.3) is 16.9 Å². The topological polar surface area (TPSA) is 121 Å². The molecule has 2 atom stereocenters. The first-order valence-electron chi connectivity index (χ1n) is 16.3. The number of carbonyl (C=O) groups is 2. The summed E-state index contributed by atoms with van der Waals surface area (Å²) in [6.07, 6.45) is 4.52. The van der Waals surface area contributed by atoms with Gasteiger partial charge >= 0.3 is 0 Å². The molecule has 5 heterocycles. The fourth-order valence-electron chi connectivity index (χ4n) is 6.47. The van der Waals surface area contributed by atoms with Gasteiger partial charge < -0.3 is 14.8 Å². The Morgan fingerprint density at radius 1 is 1.08 bits per heavy atom. The smallest absolute Gasteiger partial charge is 0.270 e. The number of aromatic nitrogens is 4. The van der Waals surface area contributed by atoms with E-state index in [0.29, 0.717) is 49.9 Å². The predicted molar refractivity (Wildman–Crippen MR) is 176 cm³/mol. The van der Waals surface area contributed by atoms with Crippen LogP contribution in [0.3, 0.4) is 0 Å². The minimum absolute atomic E-state index is 0.0119. The van der Waals surface area contributed by atoms with Gasteiger partial charge in [0.05, 0.1) is 23.7 Å². The number of aryl methyl sites for hydroxylation is 1. The number of ether oxygens (including phenoxy) is 2. The average molecular weight is 657 g/mol. The lowest BCUT2D eigenvalue weighted by atomic mass is 9.91. The van der Waals surface area contributed by atoms with Crippen LogP contribution in [0.15, 0.2) is 60.9 Å². The van der Waals surface area contributed by atoms with E-state index in [0.717, 1.165) is 40.9 Å². The van der Waals surface area contributed by atoms with E-state index >= 15 is 0 Å². The summed E-state index contributed by atoms with van der Waals surface area (Å²) in [6, 6.07) is 14.8. The van der Waals surface area contributed by atoms with Crippen molar-refractivity contribution >= 4 is 11.7 Å². The van der Waals surface area contributed by atoms with E-state index in [9.17, 15) is 14.0 Å². The van der Waals surface area contributed by atoms with E-state index < -0.39 is 12.1 Å². The maximum Gasteiger partial charge on any atom is 0.270 e. The summed E-state index contributed by atoms with van der Waals surface area (Å²) in [5.41, 5.74) is 5.64. The van der Waals surface area contributed by atoms with Gasteiger partial charge in [-0.2, -0.15) is 14.6 Å². The monoisotopic (exact) mass is 656 g/mol. The number of nitrogens with zero attached hydrogens (tertiary/aromatic N) is 5. The SMILES string of the molecule is COCCN1C[C@@H](CC(=O)Cc2c(C)c(-c3cnc(C(=O)NC4CCOCC4)c(C)c3)nn2-c2ccccc2)[C@H](c2ccnc(F)c2)O1. The van der Waals surface area contributed by atoms with Crippen molar-refractivity contribution in [2.75, 3.05) is 40.0 Å². The molecule has 2 fully saturated rings. The number of Topliss-reactive ketones (excluding diaryl/α,β-unsaturated/α-hetero) is 1. The summed E-state index contributed by atoms with van der Waals surface area (Å²) in [6.45, 7) is 6.59. The molecule has 2 aliphatic rings. The first-order valence-corrected chi connectivity index (χ1v) is 16.3. The molecule has 0 spiro atoms. The first kappa shape index (κ1) is 33.5. The zero-order valence-corrected chi connectivity index (χ0v) is 27.5. The summed E-state index contributed by atoms with van der Waals surface area (Å²) < 4.78 is 26.5. The zero-order valence-electron chi connectivity index (χ0n) is 27.5. The Kier molecular flexibility index (Phi) is 10.7. The summed E-state index contributed by atoms with van der Waals surface area (Å²) in [5.74, 6) is -0.981. The minimum Gasteiger partial charge on any atom is -0.383 e. The van der Waals surface area contributed by atoms with E-state index in [1.165, 1.54) is 12.3 Å². The number of para-hydroxylation sites is 1. The number of benzene rings is 1. The van der Waals surface area contributed by atoms with Crippen LogP contribution in [0, 0.1) is 25.7 Å². The quantitative estimate of drug-likeness (QED) is 0.216. The van der Waals surface area contributed by atoms with E-state index in [4.69, 9.17) is 19.4 Å². The molecule has 0 bridgehead atoms. The average Bonchev–Trinajstić information content (AvgIpc) is 3.64. The van der Waals surface area contributed by atoms with Crippen LogP contribution in [-0.2, 0) is 25.5 Å². The molecule has 12 heteroatoms. The molecular formula is C36H41FN6O5. The van der Waals surface area contributed by atoms with Gasteiger partial charge in [0.1, 0.15) is 17.6 Å². The number of amides is 1. The van der Waals surface area contributed by atoms with Gasteiger partial charge in [0, 0.05) is 76.2 Å². The minimum atomic E-state index is -0.593. The van der Waals surface area contributed by atoms with Crippen molar-refractivity contribution in [1.82, 2.24) is 30.1 Å². The van der Waals surface area contributed by atoms with Crippen molar-refractivity contribution < 1.29 is 28.3 Å². The van der Waals surface area contributed by atoms with E-state index in [1.807, 2.05) is 54.9 Å². The lowest BCUT2D eigenvalue weighted by Gasteiger charge is -2.23. The lowest BCUT2D eigenvalue weighted by molar-refractivity contribution is -0.155. The summed E-state index contributed by atoms with van der Waals surface area (Å²) in [5, 5.41) is 9.84. The van der Waals surface area contributed by atoms with Gasteiger partial charge in [-0.05, 0) is 73.7 Å². The number of ketones is 1. The largest absolute Gasteiger partial charge is 0.383 e. The second kappa shape index (κ2) is 15.2. The zero-order chi connectivity index (χ0) is 33.6. The van der Waals surface area contributed by atoms with Gasteiger partial charge in [-0.25, -0.2) is 9.67 Å². The Bertz CT molecular complexity index is 1740. The summed E-state index contributed by atoms with van der Waals surface area (Å²) in [7, 11) is 1.62. The lowest BCUT2D eigenvalue weighted by Crippen LogP contribution is -2.39. The summed E-state index contributed by atoms with van der Waals surface area (Å²) in [4.78, 5) is 41.3. The van der Waals surface area contributed by atoms with Crippen LogP contribution in [0.1, 0.15) is 58.2 Å². The van der Waals surface area contributed by atoms with Gasteiger partial charge in [0.25, 0.3) is 5.91 Å². The van der Waals surface area contributed by atoms with Crippen LogP contribution in [-0.4, -0.2) is 82.6 Å². The number of hydroxylamine groups is 2. The maximum absolute atomic E-state index is 14.1. The normalized spacial score (nSPS) is 18.7. The van der Waals surface area contributed by atoms with Crippen molar-refractivity contribution in [2.24, 2.45) is 5.92 Å². The molecule has 1 amide bonds. The number of hydrogen-bond donors (Lipinski definition) is 1. The highest BCUT2D eigenvalue weighted by Gasteiger charge is 2.37. The number of pyridine rings is 2. The Morgan fingerprint density at radius 2 is 1.88 bits per heavy atom. The first-order chi connectivity index (χ1) is 23.3. The Morgan fingerprint density at radius 3 is 2.60 bits per heavy atom. The van der Waals surface area contributed by atoms with Crippen molar-refractivity contribution in [1.29, 1.82) is 0 Å². The molecule has 0 saturated carbocycles. The number of nitrogens with one attached hydrogen (secondary N) is 1. The van der Waals surface area contributed by atoms with Crippen LogP contribution < -0.4 is 5.32 Å². The molecular weight excluding hydrogens is 615 g/mol. The molecule has 1 N–H and O–H groups in total. The van der Waals surface area contributed by atoms with Crippen LogP contribution in [0.2, 0.25) is 0 Å². The number of halogens is 1. The van der Waals surface area contributed by atoms with Crippen LogP contribution >= 0.6 is 0 Å². The number of rotatable bonds is 12. The van der Waals surface area contributed by atoms with Crippen molar-refractivity contribution in [2.45, 2.75) is 51.7 Å². The van der Waals surface area contributed by atoms with Gasteiger partial charge in [0.2, 0.25) is 5.95 Å². The van der Waals surface area contributed by atoms with Gasteiger partial charge in [-0.3, -0.25) is 19.4 Å². The molecule has 2 aliphatic heterocycles. The Hall–Kier alpha value is -4.36. The van der Waals surface area contributed by atoms with Crippen LogP contribution in [0.4, 0.5) is 4.39 Å². The Balaban J connectivity index is 1.25. The Labute approximate surface area is 279 Å². The highest BCUT2D eigenvalue weighted by Crippen LogP contribution is 2.37. The van der Waals surface area contributed by atoms with E-state index in [1.54, 1.807) is 24.4 Å². The third-order valence-electron chi connectivity index (χ3n) is 8.98. The van der Waals surface area contributed by atoms with Gasteiger partial charge in [0.15, 0.2) is 0 Å².